The molecule has 4 nitrogen and oxygen atoms in total. The summed E-state index contributed by atoms with van der Waals surface area (Å²) in [5.74, 6) is -0.225. The Kier molecular flexibility index (Phi) is 3.49. The number of hydrogen-bond acceptors (Lipinski definition) is 4. The number of phenolic OH excluding ortho intramolecular Hbond substituents is 2. The van der Waals surface area contributed by atoms with Gasteiger partial charge in [0.25, 0.3) is 0 Å². The lowest BCUT2D eigenvalue weighted by Crippen LogP contribution is -1.99. The highest BCUT2D eigenvalue weighted by Gasteiger charge is 2.00. The molecule has 1 aromatic carbocycles. The molecule has 88 valence electrons. The van der Waals surface area contributed by atoms with E-state index in [1.54, 1.807) is 12.3 Å². The molecule has 1 aromatic heterocycles. The summed E-state index contributed by atoms with van der Waals surface area (Å²) in [6, 6.07) is 8.48. The van der Waals surface area contributed by atoms with Crippen LogP contribution in [0.2, 0.25) is 0 Å². The molecule has 0 atom stereocenters. The third-order valence-corrected chi connectivity index (χ3v) is 2.73. The topological polar surface area (TPSA) is 65.4 Å². The minimum absolute atomic E-state index is 0.112. The lowest BCUT2D eigenvalue weighted by atomic mass is 10.2. The molecule has 2 rings (SSSR count). The van der Waals surface area contributed by atoms with Crippen LogP contribution in [0.3, 0.4) is 0 Å². The van der Waals surface area contributed by atoms with Gasteiger partial charge in [-0.15, -0.1) is 0 Å². The molecule has 0 aliphatic heterocycles. The summed E-state index contributed by atoms with van der Waals surface area (Å²) >= 11 is 3.26. The van der Waals surface area contributed by atoms with Crippen LogP contribution < -0.4 is 5.32 Å². The van der Waals surface area contributed by atoms with Crippen molar-refractivity contribution in [2.75, 3.05) is 5.32 Å². The van der Waals surface area contributed by atoms with E-state index in [1.807, 2.05) is 12.1 Å². The summed E-state index contributed by atoms with van der Waals surface area (Å²) in [5, 5.41) is 21.7. The Morgan fingerprint density at radius 2 is 1.94 bits per heavy atom. The lowest BCUT2D eigenvalue weighted by molar-refractivity contribution is 0.403. The van der Waals surface area contributed by atoms with E-state index >= 15 is 0 Å². The van der Waals surface area contributed by atoms with Crippen LogP contribution in [0.15, 0.2) is 41.1 Å². The van der Waals surface area contributed by atoms with E-state index in [9.17, 15) is 10.2 Å². The molecule has 0 saturated carbocycles. The summed E-state index contributed by atoms with van der Waals surface area (Å²) < 4.78 is 0.783. The highest BCUT2D eigenvalue weighted by atomic mass is 79.9. The second kappa shape index (κ2) is 5.05. The Morgan fingerprint density at radius 1 is 1.12 bits per heavy atom. The van der Waals surface area contributed by atoms with Gasteiger partial charge in [-0.05, 0) is 45.8 Å². The molecule has 0 unspecified atom stereocenters. The standard InChI is InChI=1S/C12H11BrN2O2/c13-12-4-2-9(7-15-12)14-6-8-1-3-10(16)11(17)5-8/h1-5,7,14,16-17H,6H2. The zero-order valence-corrected chi connectivity index (χ0v) is 10.5. The van der Waals surface area contributed by atoms with E-state index in [2.05, 4.69) is 26.2 Å². The molecule has 0 amide bonds. The molecule has 0 fully saturated rings. The normalized spacial score (nSPS) is 10.2. The summed E-state index contributed by atoms with van der Waals surface area (Å²) in [4.78, 5) is 4.09. The van der Waals surface area contributed by atoms with Crippen LogP contribution in [0.4, 0.5) is 5.69 Å². The van der Waals surface area contributed by atoms with E-state index < -0.39 is 0 Å². The summed E-state index contributed by atoms with van der Waals surface area (Å²) in [7, 11) is 0. The molecule has 0 bridgehead atoms. The highest BCUT2D eigenvalue weighted by molar-refractivity contribution is 9.10. The number of rotatable bonds is 3. The fourth-order valence-corrected chi connectivity index (χ4v) is 1.60. The Hall–Kier alpha value is -1.75. The van der Waals surface area contributed by atoms with Gasteiger partial charge in [0.05, 0.1) is 11.9 Å². The maximum Gasteiger partial charge on any atom is 0.157 e. The molecule has 0 aliphatic carbocycles. The Balaban J connectivity index is 2.02. The van der Waals surface area contributed by atoms with Crippen LogP contribution in [-0.2, 0) is 6.54 Å². The average molecular weight is 295 g/mol. The van der Waals surface area contributed by atoms with Gasteiger partial charge in [-0.2, -0.15) is 0 Å². The van der Waals surface area contributed by atoms with Crippen molar-refractivity contribution >= 4 is 21.6 Å². The van der Waals surface area contributed by atoms with Crippen molar-refractivity contribution in [3.05, 3.63) is 46.7 Å². The Labute approximate surface area is 107 Å². The maximum atomic E-state index is 9.34. The third-order valence-electron chi connectivity index (χ3n) is 2.26. The van der Waals surface area contributed by atoms with Crippen LogP contribution in [0.25, 0.3) is 0 Å². The fourth-order valence-electron chi connectivity index (χ4n) is 1.36. The van der Waals surface area contributed by atoms with Crippen molar-refractivity contribution in [2.45, 2.75) is 6.54 Å². The van der Waals surface area contributed by atoms with E-state index in [0.29, 0.717) is 6.54 Å². The summed E-state index contributed by atoms with van der Waals surface area (Å²) in [6.07, 6.45) is 1.71. The molecule has 0 aliphatic rings. The first-order valence-electron chi connectivity index (χ1n) is 5.01. The number of aromatic nitrogens is 1. The molecule has 0 saturated heterocycles. The van der Waals surface area contributed by atoms with Crippen molar-refractivity contribution in [3.63, 3.8) is 0 Å². The van der Waals surface area contributed by atoms with E-state index in [4.69, 9.17) is 0 Å². The maximum absolute atomic E-state index is 9.34. The Bertz CT molecular complexity index is 514. The van der Waals surface area contributed by atoms with E-state index in [-0.39, 0.29) is 11.5 Å². The molecular formula is C12H11BrN2O2. The van der Waals surface area contributed by atoms with Crippen LogP contribution >= 0.6 is 15.9 Å². The van der Waals surface area contributed by atoms with Gasteiger partial charge in [-0.25, -0.2) is 4.98 Å². The van der Waals surface area contributed by atoms with Crippen molar-refractivity contribution in [1.82, 2.24) is 4.98 Å². The van der Waals surface area contributed by atoms with Gasteiger partial charge in [-0.1, -0.05) is 6.07 Å². The largest absolute Gasteiger partial charge is 0.504 e. The van der Waals surface area contributed by atoms with Gasteiger partial charge in [0.1, 0.15) is 4.60 Å². The van der Waals surface area contributed by atoms with Gasteiger partial charge in [0.15, 0.2) is 11.5 Å². The SMILES string of the molecule is Oc1ccc(CNc2ccc(Br)nc2)cc1O. The van der Waals surface area contributed by atoms with Crippen molar-refractivity contribution < 1.29 is 10.2 Å². The minimum Gasteiger partial charge on any atom is -0.504 e. The second-order valence-corrected chi connectivity index (χ2v) is 4.36. The number of hydrogen-bond donors (Lipinski definition) is 3. The number of anilines is 1. The molecule has 17 heavy (non-hydrogen) atoms. The molecule has 5 heteroatoms. The van der Waals surface area contributed by atoms with Crippen LogP contribution in [0, 0.1) is 0 Å². The van der Waals surface area contributed by atoms with Gasteiger partial charge < -0.3 is 15.5 Å². The molecule has 3 N–H and O–H groups in total. The number of benzene rings is 1. The smallest absolute Gasteiger partial charge is 0.157 e. The van der Waals surface area contributed by atoms with Crippen molar-refractivity contribution in [1.29, 1.82) is 0 Å². The number of nitrogens with zero attached hydrogens (tertiary/aromatic N) is 1. The monoisotopic (exact) mass is 294 g/mol. The summed E-state index contributed by atoms with van der Waals surface area (Å²) in [6.45, 7) is 0.553. The molecule has 0 radical (unpaired) electrons. The predicted octanol–water partition coefficient (Wildman–Crippen LogP) is 2.87. The molecule has 0 spiro atoms. The molecule has 1 heterocycles. The van der Waals surface area contributed by atoms with Crippen LogP contribution in [-0.4, -0.2) is 15.2 Å². The molecule has 2 aromatic rings. The number of aromatic hydroxyl groups is 2. The summed E-state index contributed by atoms with van der Waals surface area (Å²) in [5.41, 5.74) is 1.77. The van der Waals surface area contributed by atoms with Gasteiger partial charge in [0, 0.05) is 6.54 Å². The van der Waals surface area contributed by atoms with Crippen LogP contribution in [0.1, 0.15) is 5.56 Å². The highest BCUT2D eigenvalue weighted by Crippen LogP contribution is 2.25. The molecular weight excluding hydrogens is 284 g/mol. The quantitative estimate of drug-likeness (QED) is 0.602. The average Bonchev–Trinajstić information content (AvgIpc) is 2.33. The number of phenols is 2. The van der Waals surface area contributed by atoms with Gasteiger partial charge in [0.2, 0.25) is 0 Å². The van der Waals surface area contributed by atoms with E-state index in [1.165, 1.54) is 12.1 Å². The number of pyridine rings is 1. The number of halogens is 1. The van der Waals surface area contributed by atoms with Crippen molar-refractivity contribution in [3.8, 4) is 11.5 Å². The van der Waals surface area contributed by atoms with E-state index in [0.717, 1.165) is 15.9 Å². The fraction of sp³-hybridized carbons (Fsp3) is 0.0833. The van der Waals surface area contributed by atoms with Crippen molar-refractivity contribution in [2.24, 2.45) is 0 Å². The zero-order chi connectivity index (χ0) is 12.3. The number of nitrogens with one attached hydrogen (secondary N) is 1. The minimum atomic E-state index is -0.113. The first-order chi connectivity index (χ1) is 8.15. The first kappa shape index (κ1) is 11.7. The van der Waals surface area contributed by atoms with Gasteiger partial charge in [-0.3, -0.25) is 0 Å². The predicted molar refractivity (Wildman–Crippen MR) is 69.0 cm³/mol. The van der Waals surface area contributed by atoms with Gasteiger partial charge >= 0.3 is 0 Å². The Morgan fingerprint density at radius 3 is 2.59 bits per heavy atom. The van der Waals surface area contributed by atoms with Crippen LogP contribution in [0.5, 0.6) is 11.5 Å². The zero-order valence-electron chi connectivity index (χ0n) is 8.89. The second-order valence-electron chi connectivity index (χ2n) is 3.55. The third kappa shape index (κ3) is 3.10. The first-order valence-corrected chi connectivity index (χ1v) is 5.81. The lowest BCUT2D eigenvalue weighted by Gasteiger charge is -2.07.